The van der Waals surface area contributed by atoms with Gasteiger partial charge in [0.05, 0.1) is 17.9 Å². The third-order valence-electron chi connectivity index (χ3n) is 8.19. The van der Waals surface area contributed by atoms with Gasteiger partial charge in [0.1, 0.15) is 5.75 Å². The molecule has 39 heavy (non-hydrogen) atoms. The van der Waals surface area contributed by atoms with Crippen molar-refractivity contribution < 1.29 is 9.26 Å². The predicted octanol–water partition coefficient (Wildman–Crippen LogP) is 7.52. The van der Waals surface area contributed by atoms with Crippen molar-refractivity contribution in [3.05, 3.63) is 71.4 Å². The molecule has 6 rings (SSSR count). The number of fused-ring (bicyclic) bond motifs is 2. The lowest BCUT2D eigenvalue weighted by molar-refractivity contribution is 0.172. The molecule has 0 bridgehead atoms. The van der Waals surface area contributed by atoms with Gasteiger partial charge >= 0.3 is 0 Å². The third kappa shape index (κ3) is 7.07. The fourth-order valence-electron chi connectivity index (χ4n) is 5.81. The number of ether oxygens (including phenoxy) is 1. The van der Waals surface area contributed by atoms with Gasteiger partial charge in [0.15, 0.2) is 5.58 Å². The third-order valence-corrected chi connectivity index (χ3v) is 8.19. The second-order valence-corrected chi connectivity index (χ2v) is 11.4. The summed E-state index contributed by atoms with van der Waals surface area (Å²) in [4.78, 5) is 4.80. The van der Waals surface area contributed by atoms with Gasteiger partial charge in [0.2, 0.25) is 0 Å². The van der Waals surface area contributed by atoms with Crippen LogP contribution in [0, 0.1) is 11.8 Å². The van der Waals surface area contributed by atoms with Crippen molar-refractivity contribution >= 4 is 46.6 Å². The molecule has 0 atom stereocenters. The van der Waals surface area contributed by atoms with Crippen LogP contribution in [0.4, 0.5) is 0 Å². The van der Waals surface area contributed by atoms with Crippen LogP contribution in [0.25, 0.3) is 21.7 Å². The van der Waals surface area contributed by atoms with Gasteiger partial charge in [-0.05, 0) is 106 Å². The molecule has 1 saturated carbocycles. The smallest absolute Gasteiger partial charge is 0.175 e. The molecule has 0 spiro atoms. The summed E-state index contributed by atoms with van der Waals surface area (Å²) < 4.78 is 12.1. The largest absolute Gasteiger partial charge is 0.493 e. The lowest BCUT2D eigenvalue weighted by Crippen LogP contribution is -2.33. The summed E-state index contributed by atoms with van der Waals surface area (Å²) in [6, 6.07) is 19.7. The molecule has 7 heteroatoms. The van der Waals surface area contributed by atoms with Crippen LogP contribution >= 0.6 is 24.8 Å². The Kier molecular flexibility index (Phi) is 10.2. The summed E-state index contributed by atoms with van der Waals surface area (Å²) in [5, 5.41) is 8.42. The molecule has 1 aliphatic heterocycles. The Bertz CT molecular complexity index is 1360. The number of halogens is 2. The zero-order valence-corrected chi connectivity index (χ0v) is 24.7. The lowest BCUT2D eigenvalue weighted by Gasteiger charge is -2.32. The zero-order chi connectivity index (χ0) is 25.2. The molecule has 2 heterocycles. The first-order valence-electron chi connectivity index (χ1n) is 14.0. The fraction of sp³-hybridized carbons (Fsp3) is 0.469. The standard InChI is InChI=1S/C32H39N3O2.2ClH/c1-34(2)21-29-31(36-22-24-10-11-24)15-13-28-30(33-37-32(28)29)14-12-23-16-18-35(19-17-23)20-26-8-5-7-25-6-3-4-9-27(25)26;;/h3-9,13,15,23-24H,10-12,14,16-22H2,1-2H3;2*1H. The van der Waals surface area contributed by atoms with Crippen LogP contribution in [0.5, 0.6) is 5.75 Å². The molecule has 2 aliphatic rings. The summed E-state index contributed by atoms with van der Waals surface area (Å²) in [7, 11) is 4.18. The fourth-order valence-corrected chi connectivity index (χ4v) is 5.81. The number of likely N-dealkylation sites (tertiary alicyclic amines) is 1. The number of aryl methyl sites for hydroxylation is 1. The van der Waals surface area contributed by atoms with Crippen LogP contribution in [0.1, 0.15) is 48.9 Å². The molecule has 1 saturated heterocycles. The van der Waals surface area contributed by atoms with Crippen molar-refractivity contribution in [2.75, 3.05) is 33.8 Å². The van der Waals surface area contributed by atoms with Gasteiger partial charge in [-0.25, -0.2) is 0 Å². The highest BCUT2D eigenvalue weighted by atomic mass is 35.5. The van der Waals surface area contributed by atoms with Crippen molar-refractivity contribution in [2.24, 2.45) is 11.8 Å². The van der Waals surface area contributed by atoms with Crippen molar-refractivity contribution in [3.8, 4) is 5.75 Å². The van der Waals surface area contributed by atoms with E-state index in [1.807, 2.05) is 0 Å². The van der Waals surface area contributed by atoms with Crippen LogP contribution < -0.4 is 4.74 Å². The first-order chi connectivity index (χ1) is 18.1. The number of benzene rings is 3. The van der Waals surface area contributed by atoms with E-state index >= 15 is 0 Å². The summed E-state index contributed by atoms with van der Waals surface area (Å²) in [6.07, 6.45) is 7.24. The van der Waals surface area contributed by atoms with Crippen molar-refractivity contribution in [2.45, 2.75) is 51.6 Å². The van der Waals surface area contributed by atoms with Gasteiger partial charge in [-0.1, -0.05) is 47.6 Å². The maximum atomic E-state index is 6.19. The monoisotopic (exact) mass is 569 g/mol. The van der Waals surface area contributed by atoms with E-state index in [1.165, 1.54) is 61.5 Å². The summed E-state index contributed by atoms with van der Waals surface area (Å²) in [5.74, 6) is 2.43. The molecular formula is C32H41Cl2N3O2. The predicted molar refractivity (Wildman–Crippen MR) is 164 cm³/mol. The molecule has 1 aliphatic carbocycles. The first-order valence-corrected chi connectivity index (χ1v) is 14.0. The van der Waals surface area contributed by atoms with E-state index in [4.69, 9.17) is 9.26 Å². The average Bonchev–Trinajstić information content (AvgIpc) is 3.65. The molecule has 3 aromatic carbocycles. The maximum Gasteiger partial charge on any atom is 0.175 e. The molecule has 5 nitrogen and oxygen atoms in total. The van der Waals surface area contributed by atoms with Crippen LogP contribution in [0.3, 0.4) is 0 Å². The normalized spacial score (nSPS) is 16.4. The molecule has 0 amide bonds. The minimum Gasteiger partial charge on any atom is -0.493 e. The van der Waals surface area contributed by atoms with E-state index < -0.39 is 0 Å². The Morgan fingerprint density at radius 2 is 1.67 bits per heavy atom. The molecule has 0 unspecified atom stereocenters. The topological polar surface area (TPSA) is 41.7 Å². The Morgan fingerprint density at radius 3 is 2.44 bits per heavy atom. The molecule has 2 fully saturated rings. The van der Waals surface area contributed by atoms with Crippen molar-refractivity contribution in [1.29, 1.82) is 0 Å². The summed E-state index contributed by atoms with van der Waals surface area (Å²) in [6.45, 7) is 4.99. The number of piperidine rings is 1. The van der Waals surface area contributed by atoms with Gasteiger partial charge in [-0.2, -0.15) is 0 Å². The Morgan fingerprint density at radius 1 is 0.897 bits per heavy atom. The summed E-state index contributed by atoms with van der Waals surface area (Å²) >= 11 is 0. The number of aromatic nitrogens is 1. The minimum absolute atomic E-state index is 0. The van der Waals surface area contributed by atoms with Crippen molar-refractivity contribution in [1.82, 2.24) is 15.0 Å². The molecule has 0 radical (unpaired) electrons. The quantitative estimate of drug-likeness (QED) is 0.197. The van der Waals surface area contributed by atoms with Gasteiger partial charge in [0, 0.05) is 18.5 Å². The highest BCUT2D eigenvalue weighted by Crippen LogP contribution is 2.35. The van der Waals surface area contributed by atoms with E-state index in [1.54, 1.807) is 0 Å². The van der Waals surface area contributed by atoms with E-state index in [0.717, 1.165) is 65.9 Å². The zero-order valence-electron chi connectivity index (χ0n) is 23.1. The summed E-state index contributed by atoms with van der Waals surface area (Å²) in [5.41, 5.74) is 4.58. The SMILES string of the molecule is CN(C)Cc1c(OCC2CC2)ccc2c(CCC3CCN(Cc4cccc5ccccc45)CC3)noc12.Cl.Cl. The Balaban J connectivity index is 0.00000176. The van der Waals surface area contributed by atoms with E-state index in [9.17, 15) is 0 Å². The highest BCUT2D eigenvalue weighted by Gasteiger charge is 2.25. The van der Waals surface area contributed by atoms with Crippen molar-refractivity contribution in [3.63, 3.8) is 0 Å². The number of hydrogen-bond donors (Lipinski definition) is 0. The van der Waals surface area contributed by atoms with E-state index in [-0.39, 0.29) is 24.8 Å². The molecule has 1 aromatic heterocycles. The van der Waals surface area contributed by atoms with Gasteiger partial charge in [-0.3, -0.25) is 4.90 Å². The van der Waals surface area contributed by atoms with Crippen LogP contribution in [0.2, 0.25) is 0 Å². The molecule has 4 aromatic rings. The minimum atomic E-state index is 0. The number of nitrogens with zero attached hydrogens (tertiary/aromatic N) is 3. The Labute approximate surface area is 244 Å². The second-order valence-electron chi connectivity index (χ2n) is 11.4. The van der Waals surface area contributed by atoms with E-state index in [2.05, 4.69) is 83.6 Å². The van der Waals surface area contributed by atoms with Gasteiger partial charge in [0.25, 0.3) is 0 Å². The molecular weight excluding hydrogens is 529 g/mol. The van der Waals surface area contributed by atoms with Gasteiger partial charge < -0.3 is 14.2 Å². The Hall–Kier alpha value is -2.31. The molecule has 0 N–H and O–H groups in total. The first kappa shape index (κ1) is 29.7. The molecule has 210 valence electrons. The van der Waals surface area contributed by atoms with Gasteiger partial charge in [-0.15, -0.1) is 24.8 Å². The average molecular weight is 571 g/mol. The number of rotatable bonds is 10. The van der Waals surface area contributed by atoms with E-state index in [0.29, 0.717) is 0 Å². The maximum absolute atomic E-state index is 6.19. The van der Waals surface area contributed by atoms with Crippen LogP contribution in [-0.2, 0) is 19.5 Å². The van der Waals surface area contributed by atoms with Crippen LogP contribution in [-0.4, -0.2) is 48.7 Å². The second kappa shape index (κ2) is 13.4. The lowest BCUT2D eigenvalue weighted by atomic mass is 9.90. The highest BCUT2D eigenvalue weighted by molar-refractivity contribution is 5.86. The number of hydrogen-bond acceptors (Lipinski definition) is 5. The van der Waals surface area contributed by atoms with Crippen LogP contribution in [0.15, 0.2) is 59.1 Å².